The standard InChI is InChI=1S/C25H32N4O6S2/c1-17(2)15-27(16-18(3)4)37(33,34)21-9-6-19(7-10-21)24(30)26-25-28(12-13-35-5)22-14-20(29(31)32)8-11-23(22)36-25/h6-11,14,17-18H,12-13,15-16H2,1-5H3. The lowest BCUT2D eigenvalue weighted by Gasteiger charge is -2.25. The molecule has 37 heavy (non-hydrogen) atoms. The van der Waals surface area contributed by atoms with Crippen molar-refractivity contribution in [1.82, 2.24) is 8.87 Å². The zero-order chi connectivity index (χ0) is 27.3. The molecule has 0 saturated heterocycles. The van der Waals surface area contributed by atoms with Gasteiger partial charge in [-0.3, -0.25) is 14.9 Å². The minimum Gasteiger partial charge on any atom is -0.383 e. The summed E-state index contributed by atoms with van der Waals surface area (Å²) in [6, 6.07) is 10.3. The minimum absolute atomic E-state index is 0.0601. The zero-order valence-electron chi connectivity index (χ0n) is 21.6. The second kappa shape index (κ2) is 12.1. The predicted octanol–water partition coefficient (Wildman–Crippen LogP) is 4.30. The molecule has 0 unspecified atom stereocenters. The number of amides is 1. The number of sulfonamides is 1. The van der Waals surface area contributed by atoms with Gasteiger partial charge in [-0.1, -0.05) is 39.0 Å². The second-order valence-corrected chi connectivity index (χ2v) is 12.4. The molecule has 0 saturated carbocycles. The average Bonchev–Trinajstić information content (AvgIpc) is 3.17. The zero-order valence-corrected chi connectivity index (χ0v) is 23.2. The summed E-state index contributed by atoms with van der Waals surface area (Å²) >= 11 is 1.24. The van der Waals surface area contributed by atoms with Gasteiger partial charge in [-0.05, 0) is 42.2 Å². The van der Waals surface area contributed by atoms with E-state index < -0.39 is 20.9 Å². The third kappa shape index (κ3) is 6.89. The number of fused-ring (bicyclic) bond motifs is 1. The SMILES string of the molecule is COCCn1c(=NC(=O)c2ccc(S(=O)(=O)N(CC(C)C)CC(C)C)cc2)sc2ccc([N+](=O)[O-])cc21. The van der Waals surface area contributed by atoms with E-state index in [9.17, 15) is 23.3 Å². The molecule has 0 radical (unpaired) electrons. The molecule has 0 N–H and O–H groups in total. The van der Waals surface area contributed by atoms with Gasteiger partial charge in [0.2, 0.25) is 10.0 Å². The maximum absolute atomic E-state index is 13.3. The van der Waals surface area contributed by atoms with Gasteiger partial charge in [0, 0.05) is 44.4 Å². The number of nitro groups is 1. The Labute approximate surface area is 220 Å². The van der Waals surface area contributed by atoms with Crippen LogP contribution in [0.4, 0.5) is 5.69 Å². The molecule has 10 nitrogen and oxygen atoms in total. The molecule has 1 amide bonds. The summed E-state index contributed by atoms with van der Waals surface area (Å²) in [6.45, 7) is 9.36. The van der Waals surface area contributed by atoms with Crippen LogP contribution >= 0.6 is 11.3 Å². The highest BCUT2D eigenvalue weighted by Gasteiger charge is 2.26. The molecule has 0 fully saturated rings. The highest BCUT2D eigenvalue weighted by atomic mass is 32.2. The Morgan fingerprint density at radius 1 is 1.11 bits per heavy atom. The van der Waals surface area contributed by atoms with E-state index >= 15 is 0 Å². The van der Waals surface area contributed by atoms with E-state index in [1.54, 1.807) is 17.7 Å². The topological polar surface area (TPSA) is 124 Å². The number of non-ortho nitro benzene ring substituents is 1. The van der Waals surface area contributed by atoms with E-state index in [1.165, 1.54) is 52.0 Å². The number of methoxy groups -OCH3 is 1. The van der Waals surface area contributed by atoms with Gasteiger partial charge in [-0.2, -0.15) is 9.30 Å². The molecule has 0 aliphatic rings. The van der Waals surface area contributed by atoms with E-state index in [0.29, 0.717) is 36.6 Å². The van der Waals surface area contributed by atoms with Crippen molar-refractivity contribution >= 4 is 43.2 Å². The summed E-state index contributed by atoms with van der Waals surface area (Å²) in [5.41, 5.74) is 0.759. The number of nitro benzene ring substituents is 1. The first-order valence-corrected chi connectivity index (χ1v) is 14.2. The van der Waals surface area contributed by atoms with Gasteiger partial charge in [0.05, 0.1) is 26.6 Å². The number of benzene rings is 2. The molecule has 2 aromatic carbocycles. The van der Waals surface area contributed by atoms with Crippen LogP contribution in [0.15, 0.2) is 52.4 Å². The first kappa shape index (κ1) is 28.6. The third-order valence-corrected chi connectivity index (χ3v) is 8.37. The number of rotatable bonds is 11. The lowest BCUT2D eigenvalue weighted by molar-refractivity contribution is -0.384. The molecule has 0 aliphatic carbocycles. The third-order valence-electron chi connectivity index (χ3n) is 5.47. The first-order valence-electron chi connectivity index (χ1n) is 11.9. The summed E-state index contributed by atoms with van der Waals surface area (Å²) in [5.74, 6) is -0.209. The van der Waals surface area contributed by atoms with E-state index in [0.717, 1.165) is 4.70 Å². The van der Waals surface area contributed by atoms with E-state index in [2.05, 4.69) is 4.99 Å². The van der Waals surface area contributed by atoms with Gasteiger partial charge in [0.1, 0.15) is 0 Å². The van der Waals surface area contributed by atoms with Gasteiger partial charge in [-0.25, -0.2) is 8.42 Å². The Balaban J connectivity index is 1.97. The highest BCUT2D eigenvalue weighted by Crippen LogP contribution is 2.24. The van der Waals surface area contributed by atoms with Crippen LogP contribution in [0.3, 0.4) is 0 Å². The van der Waals surface area contributed by atoms with Gasteiger partial charge in [0.15, 0.2) is 4.80 Å². The van der Waals surface area contributed by atoms with Crippen molar-refractivity contribution in [3.8, 4) is 0 Å². The van der Waals surface area contributed by atoms with E-state index in [4.69, 9.17) is 4.74 Å². The Kier molecular flexibility index (Phi) is 9.35. The molecule has 0 spiro atoms. The monoisotopic (exact) mass is 548 g/mol. The summed E-state index contributed by atoms with van der Waals surface area (Å²) < 4.78 is 35.6. The summed E-state index contributed by atoms with van der Waals surface area (Å²) in [5, 5.41) is 11.2. The molecular formula is C25H32N4O6S2. The first-order chi connectivity index (χ1) is 17.4. The molecular weight excluding hydrogens is 516 g/mol. The molecule has 3 rings (SSSR count). The predicted molar refractivity (Wildman–Crippen MR) is 143 cm³/mol. The molecule has 3 aromatic rings. The van der Waals surface area contributed by atoms with Gasteiger partial charge < -0.3 is 9.30 Å². The van der Waals surface area contributed by atoms with Crippen molar-refractivity contribution in [3.63, 3.8) is 0 Å². The quantitative estimate of drug-likeness (QED) is 0.260. The van der Waals surface area contributed by atoms with Crippen LogP contribution in [-0.4, -0.2) is 54.9 Å². The molecule has 200 valence electrons. The normalized spacial score (nSPS) is 12.8. The molecule has 0 atom stereocenters. The largest absolute Gasteiger partial charge is 0.383 e. The Morgan fingerprint density at radius 2 is 1.73 bits per heavy atom. The number of carbonyl (C=O) groups excluding carboxylic acids is 1. The van der Waals surface area contributed by atoms with Crippen LogP contribution in [0.2, 0.25) is 0 Å². The summed E-state index contributed by atoms with van der Waals surface area (Å²) in [6.07, 6.45) is 0. The minimum atomic E-state index is -3.72. The number of carbonyl (C=O) groups is 1. The molecule has 0 aliphatic heterocycles. The molecule has 0 bridgehead atoms. The second-order valence-electron chi connectivity index (χ2n) is 9.49. The van der Waals surface area contributed by atoms with E-state index in [-0.39, 0.29) is 28.0 Å². The van der Waals surface area contributed by atoms with Crippen LogP contribution in [0, 0.1) is 22.0 Å². The maximum Gasteiger partial charge on any atom is 0.279 e. The van der Waals surface area contributed by atoms with Crippen LogP contribution < -0.4 is 4.80 Å². The highest BCUT2D eigenvalue weighted by molar-refractivity contribution is 7.89. The lowest BCUT2D eigenvalue weighted by Crippen LogP contribution is -2.37. The van der Waals surface area contributed by atoms with Gasteiger partial charge >= 0.3 is 0 Å². The smallest absolute Gasteiger partial charge is 0.279 e. The van der Waals surface area contributed by atoms with Gasteiger partial charge in [0.25, 0.3) is 11.6 Å². The number of hydrogen-bond donors (Lipinski definition) is 0. The van der Waals surface area contributed by atoms with Crippen LogP contribution in [0.5, 0.6) is 0 Å². The summed E-state index contributed by atoms with van der Waals surface area (Å²) in [4.78, 5) is 28.5. The Hall–Kier alpha value is -2.93. The number of hydrogen-bond acceptors (Lipinski definition) is 7. The van der Waals surface area contributed by atoms with Crippen molar-refractivity contribution in [1.29, 1.82) is 0 Å². The average molecular weight is 549 g/mol. The fraction of sp³-hybridized carbons (Fsp3) is 0.440. The van der Waals surface area contributed by atoms with Crippen LogP contribution in [0.1, 0.15) is 38.1 Å². The van der Waals surface area contributed by atoms with Crippen molar-refractivity contribution in [2.24, 2.45) is 16.8 Å². The molecule has 12 heteroatoms. The van der Waals surface area contributed by atoms with E-state index in [1.807, 2.05) is 27.7 Å². The van der Waals surface area contributed by atoms with Crippen molar-refractivity contribution < 1.29 is 22.9 Å². The molecule has 1 aromatic heterocycles. The van der Waals surface area contributed by atoms with Gasteiger partial charge in [-0.15, -0.1) is 0 Å². The van der Waals surface area contributed by atoms with Crippen molar-refractivity contribution in [2.75, 3.05) is 26.8 Å². The number of thiazole rings is 1. The number of ether oxygens (including phenoxy) is 1. The van der Waals surface area contributed by atoms with Crippen molar-refractivity contribution in [2.45, 2.75) is 39.1 Å². The number of nitrogens with zero attached hydrogens (tertiary/aromatic N) is 4. The fourth-order valence-electron chi connectivity index (χ4n) is 3.81. The molecule has 1 heterocycles. The van der Waals surface area contributed by atoms with Crippen LogP contribution in [0.25, 0.3) is 10.2 Å². The van der Waals surface area contributed by atoms with Crippen LogP contribution in [-0.2, 0) is 21.3 Å². The summed E-state index contributed by atoms with van der Waals surface area (Å²) in [7, 11) is -2.18. The number of aromatic nitrogens is 1. The Bertz CT molecular complexity index is 1430. The maximum atomic E-state index is 13.3. The lowest BCUT2D eigenvalue weighted by atomic mass is 10.2. The Morgan fingerprint density at radius 3 is 2.27 bits per heavy atom. The fourth-order valence-corrected chi connectivity index (χ4v) is 6.61. The van der Waals surface area contributed by atoms with Crippen molar-refractivity contribution in [3.05, 3.63) is 62.9 Å².